The van der Waals surface area contributed by atoms with Crippen LogP contribution in [-0.4, -0.2) is 59.5 Å². The van der Waals surface area contributed by atoms with Crippen LogP contribution in [-0.2, 0) is 8.62 Å². The molecule has 0 aliphatic rings. The SMILES string of the molecule is CCCCCCCCP(OP(C)(C)(C)C)OP(C)(C)(C)C. The molecule has 0 N–H and O–H groups in total. The first-order valence-corrected chi connectivity index (χ1v) is 17.6. The molecule has 0 fully saturated rings. The van der Waals surface area contributed by atoms with Crippen molar-refractivity contribution in [1.29, 1.82) is 0 Å². The third-order valence-electron chi connectivity index (χ3n) is 2.53. The van der Waals surface area contributed by atoms with Crippen molar-refractivity contribution < 1.29 is 8.62 Å². The van der Waals surface area contributed by atoms with Gasteiger partial charge >= 0.3 is 136 Å². The van der Waals surface area contributed by atoms with Crippen molar-refractivity contribution in [1.82, 2.24) is 0 Å². The van der Waals surface area contributed by atoms with Crippen LogP contribution in [0.2, 0.25) is 0 Å². The van der Waals surface area contributed by atoms with Crippen molar-refractivity contribution in [3.8, 4) is 0 Å². The van der Waals surface area contributed by atoms with Gasteiger partial charge in [0.1, 0.15) is 0 Å². The van der Waals surface area contributed by atoms with Gasteiger partial charge in [-0.15, -0.1) is 0 Å². The first-order valence-electron chi connectivity index (χ1n) is 8.33. The van der Waals surface area contributed by atoms with Gasteiger partial charge in [0.05, 0.1) is 0 Å². The summed E-state index contributed by atoms with van der Waals surface area (Å²) in [6.45, 7) is 16.5. The second kappa shape index (κ2) is 7.85. The van der Waals surface area contributed by atoms with Crippen molar-refractivity contribution >= 4 is 22.0 Å². The van der Waals surface area contributed by atoms with Gasteiger partial charge in [0.15, 0.2) is 0 Å². The number of unbranched alkanes of at least 4 members (excludes halogenated alkanes) is 5. The van der Waals surface area contributed by atoms with Gasteiger partial charge in [0, 0.05) is 0 Å². The molecule has 21 heavy (non-hydrogen) atoms. The summed E-state index contributed by atoms with van der Waals surface area (Å²) in [5.74, 6) is 0. The Kier molecular flexibility index (Phi) is 8.31. The third-order valence-corrected chi connectivity index (χ3v) is 9.89. The van der Waals surface area contributed by atoms with Gasteiger partial charge in [-0.05, 0) is 0 Å². The molecule has 0 unspecified atom stereocenters. The van der Waals surface area contributed by atoms with E-state index in [9.17, 15) is 0 Å². The van der Waals surface area contributed by atoms with E-state index < -0.39 is 22.0 Å². The van der Waals surface area contributed by atoms with Crippen LogP contribution in [0.15, 0.2) is 0 Å². The minimum atomic E-state index is -1.97. The van der Waals surface area contributed by atoms with Gasteiger partial charge in [-0.25, -0.2) is 0 Å². The molecule has 0 aromatic heterocycles. The van der Waals surface area contributed by atoms with E-state index in [-0.39, 0.29) is 0 Å². The molecule has 0 aromatic rings. The van der Waals surface area contributed by atoms with Crippen LogP contribution in [0, 0.1) is 0 Å². The van der Waals surface area contributed by atoms with Gasteiger partial charge in [0.2, 0.25) is 0 Å². The third kappa shape index (κ3) is 17.4. The van der Waals surface area contributed by atoms with E-state index in [1.165, 1.54) is 38.5 Å². The molecule has 0 aliphatic heterocycles. The maximum absolute atomic E-state index is 6.50. The fourth-order valence-corrected chi connectivity index (χ4v) is 9.20. The summed E-state index contributed by atoms with van der Waals surface area (Å²) in [5.41, 5.74) is 0. The zero-order valence-electron chi connectivity index (χ0n) is 16.1. The minimum absolute atomic E-state index is 0.742. The molecule has 0 saturated heterocycles. The van der Waals surface area contributed by atoms with E-state index in [1.807, 2.05) is 0 Å². The van der Waals surface area contributed by atoms with E-state index in [0.717, 1.165) is 6.16 Å². The monoisotopic (exact) mass is 358 g/mol. The van der Waals surface area contributed by atoms with Gasteiger partial charge in [-0.1, -0.05) is 0 Å². The summed E-state index contributed by atoms with van der Waals surface area (Å²) in [6.07, 6.45) is 9.09. The van der Waals surface area contributed by atoms with E-state index in [4.69, 9.17) is 8.62 Å². The Labute approximate surface area is 136 Å². The van der Waals surface area contributed by atoms with E-state index >= 15 is 0 Å². The van der Waals surface area contributed by atoms with Gasteiger partial charge in [-0.2, -0.15) is 0 Å². The molecule has 0 rings (SSSR count). The second-order valence-corrected chi connectivity index (χ2v) is 25.9. The predicted molar refractivity (Wildman–Crippen MR) is 109 cm³/mol. The van der Waals surface area contributed by atoms with Crippen LogP contribution in [0.1, 0.15) is 45.4 Å². The van der Waals surface area contributed by atoms with Crippen LogP contribution in [0.3, 0.4) is 0 Å². The molecule has 2 nitrogen and oxygen atoms in total. The first kappa shape index (κ1) is 22.2. The van der Waals surface area contributed by atoms with Crippen LogP contribution in [0.4, 0.5) is 0 Å². The molecular weight excluding hydrogens is 317 g/mol. The molecule has 0 aliphatic carbocycles. The van der Waals surface area contributed by atoms with Crippen molar-refractivity contribution in [3.05, 3.63) is 0 Å². The molecule has 5 heteroatoms. The van der Waals surface area contributed by atoms with Crippen LogP contribution >= 0.6 is 22.0 Å². The molecule has 0 amide bonds. The zero-order chi connectivity index (χ0) is 16.8. The Morgan fingerprint density at radius 1 is 0.619 bits per heavy atom. The quantitative estimate of drug-likeness (QED) is 0.303. The van der Waals surface area contributed by atoms with Crippen molar-refractivity contribution in [3.63, 3.8) is 0 Å². The molecule has 0 atom stereocenters. The van der Waals surface area contributed by atoms with Crippen LogP contribution in [0.5, 0.6) is 0 Å². The van der Waals surface area contributed by atoms with E-state index in [1.54, 1.807) is 0 Å². The average Bonchev–Trinajstić information content (AvgIpc) is 2.15. The summed E-state index contributed by atoms with van der Waals surface area (Å²) >= 11 is 0. The Morgan fingerprint density at radius 2 is 1.00 bits per heavy atom. The van der Waals surface area contributed by atoms with Crippen LogP contribution in [0.25, 0.3) is 0 Å². The molecule has 0 aromatic carbocycles. The zero-order valence-corrected chi connectivity index (χ0v) is 18.8. The molecule has 0 bridgehead atoms. The molecule has 132 valence electrons. The van der Waals surface area contributed by atoms with Crippen LogP contribution < -0.4 is 0 Å². The van der Waals surface area contributed by atoms with Crippen molar-refractivity contribution in [2.45, 2.75) is 45.4 Å². The number of hydrogen-bond donors (Lipinski definition) is 0. The summed E-state index contributed by atoms with van der Waals surface area (Å²) in [5, 5.41) is 0. The van der Waals surface area contributed by atoms with Gasteiger partial charge in [0.25, 0.3) is 0 Å². The summed E-state index contributed by atoms with van der Waals surface area (Å²) < 4.78 is 13.0. The van der Waals surface area contributed by atoms with Crippen molar-refractivity contribution in [2.75, 3.05) is 59.5 Å². The standard InChI is InChI=1S/C16H41O2P3/c1-10-11-12-13-14-15-16-19(17-20(2,3,4)5)18-21(6,7,8)9/h10-16H2,1-9H3. The molecular formula is C16H41O2P3. The normalized spacial score (nSPS) is 18.5. The Morgan fingerprint density at radius 3 is 1.38 bits per heavy atom. The number of hydrogen-bond acceptors (Lipinski definition) is 2. The molecule has 0 spiro atoms. The summed E-state index contributed by atoms with van der Waals surface area (Å²) in [7, 11) is -0.742. The number of rotatable bonds is 11. The topological polar surface area (TPSA) is 18.5 Å². The first-order chi connectivity index (χ1) is 9.14. The second-order valence-electron chi connectivity index (χ2n) is 9.81. The predicted octanol–water partition coefficient (Wildman–Crippen LogP) is 6.67. The Bertz CT molecular complexity index is 270. The molecule has 0 heterocycles. The Balaban J connectivity index is 4.41. The molecule has 0 radical (unpaired) electrons. The van der Waals surface area contributed by atoms with Gasteiger partial charge in [-0.3, -0.25) is 0 Å². The van der Waals surface area contributed by atoms with E-state index in [2.05, 4.69) is 60.2 Å². The fraction of sp³-hybridized carbons (Fsp3) is 1.00. The molecule has 0 saturated carbocycles. The van der Waals surface area contributed by atoms with E-state index in [0.29, 0.717) is 0 Å². The maximum atomic E-state index is 6.50. The summed E-state index contributed by atoms with van der Waals surface area (Å²) in [6, 6.07) is 0. The van der Waals surface area contributed by atoms with Gasteiger partial charge < -0.3 is 0 Å². The average molecular weight is 358 g/mol. The van der Waals surface area contributed by atoms with Crippen molar-refractivity contribution in [2.24, 2.45) is 0 Å². The fourth-order valence-electron chi connectivity index (χ4n) is 1.85. The Hall–Kier alpha value is 1.21. The summed E-state index contributed by atoms with van der Waals surface area (Å²) in [4.78, 5) is 0.